The third kappa shape index (κ3) is 4.42. The zero-order valence-corrected chi connectivity index (χ0v) is 16.7. The van der Waals surface area contributed by atoms with E-state index in [2.05, 4.69) is 0 Å². The third-order valence-electron chi connectivity index (χ3n) is 4.90. The number of benzene rings is 2. The van der Waals surface area contributed by atoms with E-state index in [9.17, 15) is 9.59 Å². The summed E-state index contributed by atoms with van der Waals surface area (Å²) < 4.78 is 10.9. The second-order valence-corrected chi connectivity index (χ2v) is 7.18. The molecule has 0 radical (unpaired) electrons. The van der Waals surface area contributed by atoms with E-state index in [0.29, 0.717) is 6.54 Å². The van der Waals surface area contributed by atoms with Crippen molar-refractivity contribution < 1.29 is 18.7 Å². The topological polar surface area (TPSA) is 59.8 Å². The largest absolute Gasteiger partial charge is 0.464 e. The Labute approximate surface area is 164 Å². The van der Waals surface area contributed by atoms with E-state index in [1.807, 2.05) is 56.3 Å². The van der Waals surface area contributed by atoms with Crippen LogP contribution in [0.4, 0.5) is 0 Å². The summed E-state index contributed by atoms with van der Waals surface area (Å²) in [6.45, 7) is 6.10. The lowest BCUT2D eigenvalue weighted by molar-refractivity contribution is -0.158. The fourth-order valence-electron chi connectivity index (χ4n) is 3.16. The van der Waals surface area contributed by atoms with Crippen molar-refractivity contribution in [1.29, 1.82) is 0 Å². The molecule has 0 saturated heterocycles. The summed E-state index contributed by atoms with van der Waals surface area (Å²) in [4.78, 5) is 26.4. The van der Waals surface area contributed by atoms with Crippen LogP contribution >= 0.6 is 0 Å². The monoisotopic (exact) mass is 379 g/mol. The van der Waals surface area contributed by atoms with E-state index < -0.39 is 12.1 Å². The van der Waals surface area contributed by atoms with E-state index in [4.69, 9.17) is 9.15 Å². The number of ether oxygens (including phenoxy) is 1. The first kappa shape index (κ1) is 19.7. The average molecular weight is 379 g/mol. The number of fused-ring (bicyclic) bond motifs is 1. The van der Waals surface area contributed by atoms with Crippen LogP contribution in [-0.2, 0) is 27.3 Å². The molecule has 3 aromatic rings. The molecule has 1 heterocycles. The van der Waals surface area contributed by atoms with Gasteiger partial charge in [-0.3, -0.25) is 9.59 Å². The van der Waals surface area contributed by atoms with Gasteiger partial charge in [0.25, 0.3) is 5.91 Å². The number of carbonyl (C=O) groups excluding carboxylic acids is 2. The summed E-state index contributed by atoms with van der Waals surface area (Å²) in [5, 5.41) is 0.903. The lowest BCUT2D eigenvalue weighted by Gasteiger charge is -2.21. The summed E-state index contributed by atoms with van der Waals surface area (Å²) in [6.07, 6.45) is 0.803. The Morgan fingerprint density at radius 1 is 1.11 bits per heavy atom. The van der Waals surface area contributed by atoms with Crippen molar-refractivity contribution in [3.05, 3.63) is 71.0 Å². The Hall–Kier alpha value is -3.08. The molecular weight excluding hydrogens is 354 g/mol. The predicted molar refractivity (Wildman–Crippen MR) is 108 cm³/mol. The van der Waals surface area contributed by atoms with Gasteiger partial charge in [0.15, 0.2) is 6.10 Å². The maximum Gasteiger partial charge on any atom is 0.311 e. The molecule has 2 aromatic carbocycles. The number of carbonyl (C=O) groups is 2. The van der Waals surface area contributed by atoms with Gasteiger partial charge in [-0.05, 0) is 49.6 Å². The maximum atomic E-state index is 12.5. The van der Waals surface area contributed by atoms with E-state index in [1.165, 1.54) is 0 Å². The van der Waals surface area contributed by atoms with Crippen LogP contribution in [0.15, 0.2) is 53.1 Å². The highest BCUT2D eigenvalue weighted by Gasteiger charge is 2.22. The minimum Gasteiger partial charge on any atom is -0.464 e. The summed E-state index contributed by atoms with van der Waals surface area (Å²) >= 11 is 0. The Morgan fingerprint density at radius 3 is 2.50 bits per heavy atom. The minimum absolute atomic E-state index is 0.0650. The van der Waals surface area contributed by atoms with Gasteiger partial charge < -0.3 is 14.1 Å². The zero-order valence-electron chi connectivity index (χ0n) is 16.7. The van der Waals surface area contributed by atoms with Crippen molar-refractivity contribution in [3.8, 4) is 0 Å². The maximum absolute atomic E-state index is 12.5. The van der Waals surface area contributed by atoms with Crippen LogP contribution in [0.5, 0.6) is 0 Å². The van der Waals surface area contributed by atoms with Gasteiger partial charge in [-0.15, -0.1) is 0 Å². The second-order valence-electron chi connectivity index (χ2n) is 7.18. The van der Waals surface area contributed by atoms with Crippen molar-refractivity contribution in [1.82, 2.24) is 4.90 Å². The van der Waals surface area contributed by atoms with Gasteiger partial charge in [0, 0.05) is 24.5 Å². The van der Waals surface area contributed by atoms with E-state index in [1.54, 1.807) is 25.1 Å². The molecular formula is C23H25NO4. The van der Waals surface area contributed by atoms with Crippen molar-refractivity contribution in [3.63, 3.8) is 0 Å². The number of hydrogen-bond acceptors (Lipinski definition) is 4. The van der Waals surface area contributed by atoms with Crippen molar-refractivity contribution >= 4 is 22.8 Å². The molecule has 5 heteroatoms. The van der Waals surface area contributed by atoms with E-state index >= 15 is 0 Å². The molecule has 1 amide bonds. The molecule has 0 N–H and O–H groups in total. The Morgan fingerprint density at radius 2 is 1.79 bits per heavy atom. The third-order valence-corrected chi connectivity index (χ3v) is 4.90. The SMILES string of the molecule is Cc1cc2occ(CC(=O)OC(C)C(=O)N(C)Cc3ccccc3)c2cc1C. The molecule has 1 aromatic heterocycles. The molecule has 0 bridgehead atoms. The summed E-state index contributed by atoms with van der Waals surface area (Å²) in [5.41, 5.74) is 4.80. The highest BCUT2D eigenvalue weighted by Crippen LogP contribution is 2.25. The Kier molecular flexibility index (Phi) is 5.83. The normalized spacial score (nSPS) is 12.0. The predicted octanol–water partition coefficient (Wildman–Crippen LogP) is 4.18. The van der Waals surface area contributed by atoms with Crippen LogP contribution in [-0.4, -0.2) is 29.9 Å². The highest BCUT2D eigenvalue weighted by molar-refractivity contribution is 5.88. The van der Waals surface area contributed by atoms with E-state index in [-0.39, 0.29) is 12.3 Å². The molecule has 28 heavy (non-hydrogen) atoms. The first-order valence-corrected chi connectivity index (χ1v) is 9.31. The molecule has 0 aliphatic rings. The number of aryl methyl sites for hydroxylation is 2. The molecule has 5 nitrogen and oxygen atoms in total. The quantitative estimate of drug-likeness (QED) is 0.603. The van der Waals surface area contributed by atoms with Crippen molar-refractivity contribution in [2.75, 3.05) is 7.05 Å². The lowest BCUT2D eigenvalue weighted by Crippen LogP contribution is -2.37. The number of likely N-dealkylation sites (N-methyl/N-ethyl adjacent to an activating group) is 1. The van der Waals surface area contributed by atoms with Gasteiger partial charge in [0.05, 0.1) is 12.7 Å². The smallest absolute Gasteiger partial charge is 0.311 e. The molecule has 0 spiro atoms. The second kappa shape index (κ2) is 8.30. The van der Waals surface area contributed by atoms with Gasteiger partial charge in [-0.2, -0.15) is 0 Å². The number of rotatable bonds is 6. The average Bonchev–Trinajstić information content (AvgIpc) is 3.03. The number of esters is 1. The summed E-state index contributed by atoms with van der Waals surface area (Å²) in [5.74, 6) is -0.685. The molecule has 3 rings (SSSR count). The number of amides is 1. The van der Waals surface area contributed by atoms with E-state index in [0.717, 1.165) is 33.2 Å². The highest BCUT2D eigenvalue weighted by atomic mass is 16.5. The van der Waals surface area contributed by atoms with Crippen LogP contribution in [0.25, 0.3) is 11.0 Å². The van der Waals surface area contributed by atoms with Crippen LogP contribution in [0, 0.1) is 13.8 Å². The minimum atomic E-state index is -0.844. The number of hydrogen-bond donors (Lipinski definition) is 0. The van der Waals surface area contributed by atoms with Crippen LogP contribution in [0.1, 0.15) is 29.2 Å². The summed E-state index contributed by atoms with van der Waals surface area (Å²) in [6, 6.07) is 13.7. The molecule has 0 fully saturated rings. The molecule has 1 unspecified atom stereocenters. The van der Waals surface area contributed by atoms with Gasteiger partial charge in [-0.25, -0.2) is 0 Å². The molecule has 0 aliphatic carbocycles. The van der Waals surface area contributed by atoms with Crippen LogP contribution < -0.4 is 0 Å². The van der Waals surface area contributed by atoms with Crippen LogP contribution in [0.2, 0.25) is 0 Å². The zero-order chi connectivity index (χ0) is 20.3. The molecule has 146 valence electrons. The Bertz CT molecular complexity index is 991. The van der Waals surface area contributed by atoms with Gasteiger partial charge in [0.2, 0.25) is 0 Å². The lowest BCUT2D eigenvalue weighted by atomic mass is 10.0. The van der Waals surface area contributed by atoms with Crippen molar-refractivity contribution in [2.24, 2.45) is 0 Å². The van der Waals surface area contributed by atoms with Crippen LogP contribution in [0.3, 0.4) is 0 Å². The van der Waals surface area contributed by atoms with Gasteiger partial charge in [-0.1, -0.05) is 30.3 Å². The Balaban J connectivity index is 1.61. The summed E-state index contributed by atoms with van der Waals surface area (Å²) in [7, 11) is 1.70. The molecule has 0 saturated carbocycles. The first-order valence-electron chi connectivity index (χ1n) is 9.31. The fraction of sp³-hybridized carbons (Fsp3) is 0.304. The van der Waals surface area contributed by atoms with Crippen molar-refractivity contribution in [2.45, 2.75) is 39.8 Å². The molecule has 0 aliphatic heterocycles. The molecule has 1 atom stereocenters. The van der Waals surface area contributed by atoms with Gasteiger partial charge in [0.1, 0.15) is 5.58 Å². The first-order chi connectivity index (χ1) is 13.3. The fourth-order valence-corrected chi connectivity index (χ4v) is 3.16. The van der Waals surface area contributed by atoms with Gasteiger partial charge >= 0.3 is 5.97 Å². The standard InChI is InChI=1S/C23H25NO4/c1-15-10-20-19(14-27-21(20)11-16(15)2)12-22(25)28-17(3)23(26)24(4)13-18-8-6-5-7-9-18/h5-11,14,17H,12-13H2,1-4H3. The number of furan rings is 1. The number of nitrogens with zero attached hydrogens (tertiary/aromatic N) is 1.